The zero-order valence-electron chi connectivity index (χ0n) is 17.4. The van der Waals surface area contributed by atoms with Crippen molar-refractivity contribution in [3.63, 3.8) is 0 Å². The van der Waals surface area contributed by atoms with E-state index in [2.05, 4.69) is 0 Å². The smallest absolute Gasteiger partial charge is 0.408 e. The number of hydrogen-bond donors (Lipinski definition) is 0. The molecule has 0 bridgehead atoms. The van der Waals surface area contributed by atoms with Crippen LogP contribution in [0.15, 0.2) is 56.6 Å². The van der Waals surface area contributed by atoms with E-state index < -0.39 is 15.8 Å². The molecule has 168 valence electrons. The standard InChI is InChI=1S/C22H23N3O6S/c26-21(23-9-11-30-12-10-23)15-25-19-6-5-18(13-20(19)31-22(25)27)32(28,29)24-8-7-16-3-1-2-4-17(16)14-24/h1-6,13H,7-12,14-15H2. The second-order valence-corrected chi connectivity index (χ2v) is 9.87. The van der Waals surface area contributed by atoms with E-state index in [1.165, 1.54) is 27.1 Å². The number of carbonyl (C=O) groups is 1. The molecule has 2 aromatic carbocycles. The summed E-state index contributed by atoms with van der Waals surface area (Å²) in [5, 5.41) is 0. The first-order valence-electron chi connectivity index (χ1n) is 10.5. The van der Waals surface area contributed by atoms with Crippen LogP contribution in [0.3, 0.4) is 0 Å². The molecule has 1 saturated heterocycles. The van der Waals surface area contributed by atoms with E-state index in [1.807, 2.05) is 24.3 Å². The number of morpholine rings is 1. The Labute approximate surface area is 184 Å². The van der Waals surface area contributed by atoms with Crippen molar-refractivity contribution in [2.75, 3.05) is 32.8 Å². The first kappa shape index (κ1) is 20.9. The molecule has 1 aromatic heterocycles. The van der Waals surface area contributed by atoms with Crippen LogP contribution in [0.2, 0.25) is 0 Å². The summed E-state index contributed by atoms with van der Waals surface area (Å²) in [6, 6.07) is 12.2. The van der Waals surface area contributed by atoms with Gasteiger partial charge >= 0.3 is 5.76 Å². The van der Waals surface area contributed by atoms with Crippen molar-refractivity contribution in [3.8, 4) is 0 Å². The molecule has 0 spiro atoms. The van der Waals surface area contributed by atoms with Gasteiger partial charge in [0.1, 0.15) is 6.54 Å². The molecule has 1 amide bonds. The first-order valence-corrected chi connectivity index (χ1v) is 11.9. The summed E-state index contributed by atoms with van der Waals surface area (Å²) in [5.41, 5.74) is 2.67. The average molecular weight is 458 g/mol. The molecule has 0 unspecified atom stereocenters. The average Bonchev–Trinajstić information content (AvgIpc) is 3.13. The van der Waals surface area contributed by atoms with Gasteiger partial charge in [0.25, 0.3) is 0 Å². The van der Waals surface area contributed by atoms with Crippen molar-refractivity contribution in [2.24, 2.45) is 0 Å². The minimum absolute atomic E-state index is 0.0600. The molecule has 0 saturated carbocycles. The number of nitrogens with zero attached hydrogens (tertiary/aromatic N) is 3. The van der Waals surface area contributed by atoms with Gasteiger partial charge in [-0.3, -0.25) is 9.36 Å². The molecule has 0 N–H and O–H groups in total. The molecule has 0 atom stereocenters. The Morgan fingerprint density at radius 2 is 1.75 bits per heavy atom. The van der Waals surface area contributed by atoms with Crippen LogP contribution < -0.4 is 5.76 Å². The number of sulfonamides is 1. The number of fused-ring (bicyclic) bond motifs is 2. The van der Waals surface area contributed by atoms with Crippen LogP contribution in [0.25, 0.3) is 11.1 Å². The predicted molar refractivity (Wildman–Crippen MR) is 116 cm³/mol. The lowest BCUT2D eigenvalue weighted by molar-refractivity contribution is -0.135. The summed E-state index contributed by atoms with van der Waals surface area (Å²) in [5.74, 6) is -0.898. The number of carbonyl (C=O) groups excluding carboxylic acids is 1. The Morgan fingerprint density at radius 3 is 2.53 bits per heavy atom. The van der Waals surface area contributed by atoms with Gasteiger partial charge in [-0.05, 0) is 29.7 Å². The fraction of sp³-hybridized carbons (Fsp3) is 0.364. The van der Waals surface area contributed by atoms with Crippen LogP contribution in [-0.2, 0) is 39.1 Å². The van der Waals surface area contributed by atoms with Crippen LogP contribution in [0.1, 0.15) is 11.1 Å². The maximum Gasteiger partial charge on any atom is 0.420 e. The number of ether oxygens (including phenoxy) is 1. The first-order chi connectivity index (χ1) is 15.4. The monoisotopic (exact) mass is 457 g/mol. The van der Waals surface area contributed by atoms with Crippen LogP contribution in [0, 0.1) is 0 Å². The van der Waals surface area contributed by atoms with Crippen LogP contribution in [0.4, 0.5) is 0 Å². The Bertz CT molecular complexity index is 1340. The predicted octanol–water partition coefficient (Wildman–Crippen LogP) is 1.20. The van der Waals surface area contributed by atoms with Gasteiger partial charge in [0.2, 0.25) is 15.9 Å². The van der Waals surface area contributed by atoms with E-state index in [0.29, 0.717) is 51.3 Å². The third-order valence-electron chi connectivity index (χ3n) is 6.03. The Balaban J connectivity index is 1.42. The number of benzene rings is 2. The summed E-state index contributed by atoms with van der Waals surface area (Å²) in [4.78, 5) is 26.7. The van der Waals surface area contributed by atoms with E-state index in [1.54, 1.807) is 4.90 Å². The van der Waals surface area contributed by atoms with Crippen LogP contribution in [-0.4, -0.2) is 60.9 Å². The van der Waals surface area contributed by atoms with Crippen molar-refractivity contribution >= 4 is 27.0 Å². The largest absolute Gasteiger partial charge is 0.420 e. The molecule has 9 nitrogen and oxygen atoms in total. The zero-order valence-corrected chi connectivity index (χ0v) is 18.2. The van der Waals surface area contributed by atoms with Gasteiger partial charge in [-0.15, -0.1) is 0 Å². The molecule has 1 fully saturated rings. The zero-order chi connectivity index (χ0) is 22.3. The molecule has 2 aliphatic heterocycles. The third-order valence-corrected chi connectivity index (χ3v) is 7.87. The lowest BCUT2D eigenvalue weighted by Gasteiger charge is -2.28. The van der Waals surface area contributed by atoms with Crippen molar-refractivity contribution in [3.05, 3.63) is 64.1 Å². The highest BCUT2D eigenvalue weighted by Gasteiger charge is 2.29. The summed E-state index contributed by atoms with van der Waals surface area (Å²) in [7, 11) is -3.77. The van der Waals surface area contributed by atoms with Gasteiger partial charge < -0.3 is 14.1 Å². The lowest BCUT2D eigenvalue weighted by Crippen LogP contribution is -2.43. The van der Waals surface area contributed by atoms with Gasteiger partial charge in [0.15, 0.2) is 5.58 Å². The van der Waals surface area contributed by atoms with Crippen molar-refractivity contribution in [1.82, 2.24) is 13.8 Å². The minimum atomic E-state index is -3.77. The highest BCUT2D eigenvalue weighted by Crippen LogP contribution is 2.27. The quantitative estimate of drug-likeness (QED) is 0.584. The number of hydrogen-bond acceptors (Lipinski definition) is 6. The number of rotatable bonds is 4. The second-order valence-electron chi connectivity index (χ2n) is 7.93. The molecule has 5 rings (SSSR count). The minimum Gasteiger partial charge on any atom is -0.408 e. The molecular formula is C22H23N3O6S. The lowest BCUT2D eigenvalue weighted by atomic mass is 10.0. The fourth-order valence-electron chi connectivity index (χ4n) is 4.23. The second kappa shape index (κ2) is 8.19. The Kier molecular flexibility index (Phi) is 5.36. The Hall–Kier alpha value is -2.95. The molecule has 10 heteroatoms. The Morgan fingerprint density at radius 1 is 1.00 bits per heavy atom. The summed E-state index contributed by atoms with van der Waals surface area (Å²) < 4.78 is 39.7. The van der Waals surface area contributed by atoms with E-state index in [4.69, 9.17) is 9.15 Å². The summed E-state index contributed by atoms with van der Waals surface area (Å²) in [6.07, 6.45) is 0.646. The van der Waals surface area contributed by atoms with Crippen molar-refractivity contribution < 1.29 is 22.4 Å². The number of oxazole rings is 1. The molecule has 0 aliphatic carbocycles. The molecule has 2 aliphatic rings. The summed E-state index contributed by atoms with van der Waals surface area (Å²) >= 11 is 0. The SMILES string of the molecule is O=C(Cn1c(=O)oc2cc(S(=O)(=O)N3CCc4ccccc4C3)ccc21)N1CCOCC1. The topological polar surface area (TPSA) is 102 Å². The van der Waals surface area contributed by atoms with Crippen molar-refractivity contribution in [2.45, 2.75) is 24.4 Å². The van der Waals surface area contributed by atoms with Gasteiger partial charge in [0.05, 0.1) is 23.6 Å². The van der Waals surface area contributed by atoms with E-state index in [9.17, 15) is 18.0 Å². The normalized spacial score (nSPS) is 17.4. The highest BCUT2D eigenvalue weighted by molar-refractivity contribution is 7.89. The fourth-order valence-corrected chi connectivity index (χ4v) is 5.66. The van der Waals surface area contributed by atoms with E-state index >= 15 is 0 Å². The number of amides is 1. The molecule has 3 heterocycles. The third kappa shape index (κ3) is 3.74. The molecular weight excluding hydrogens is 434 g/mol. The molecule has 3 aromatic rings. The van der Waals surface area contributed by atoms with Gasteiger partial charge in [-0.2, -0.15) is 4.31 Å². The van der Waals surface area contributed by atoms with E-state index in [0.717, 1.165) is 11.1 Å². The molecule has 32 heavy (non-hydrogen) atoms. The van der Waals surface area contributed by atoms with Gasteiger partial charge in [-0.1, -0.05) is 24.3 Å². The van der Waals surface area contributed by atoms with Crippen LogP contribution >= 0.6 is 0 Å². The van der Waals surface area contributed by atoms with Crippen molar-refractivity contribution in [1.29, 1.82) is 0 Å². The van der Waals surface area contributed by atoms with E-state index in [-0.39, 0.29) is 22.9 Å². The maximum atomic E-state index is 13.2. The number of aromatic nitrogens is 1. The van der Waals surface area contributed by atoms with Gasteiger partial charge in [0, 0.05) is 32.2 Å². The molecule has 0 radical (unpaired) electrons. The highest BCUT2D eigenvalue weighted by atomic mass is 32.2. The maximum absolute atomic E-state index is 13.2. The van der Waals surface area contributed by atoms with Crippen LogP contribution in [0.5, 0.6) is 0 Å². The van der Waals surface area contributed by atoms with Gasteiger partial charge in [-0.25, -0.2) is 13.2 Å². The summed E-state index contributed by atoms with van der Waals surface area (Å²) in [6.45, 7) is 2.41.